The van der Waals surface area contributed by atoms with E-state index in [9.17, 15) is 9.59 Å². The Morgan fingerprint density at radius 3 is 1.21 bits per heavy atom. The van der Waals surface area contributed by atoms with Crippen LogP contribution in [0.3, 0.4) is 0 Å². The third kappa shape index (κ3) is 31.6. The molecule has 4 N–H and O–H groups in total. The molecule has 116 valence electrons. The first kappa shape index (κ1) is 23.0. The molecule has 0 fully saturated rings. The highest BCUT2D eigenvalue weighted by molar-refractivity contribution is 5.66. The van der Waals surface area contributed by atoms with E-state index in [1.165, 1.54) is 12.8 Å². The minimum Gasteiger partial charge on any atom is -0.481 e. The van der Waals surface area contributed by atoms with Gasteiger partial charge in [0.25, 0.3) is 0 Å². The molecular weight excluding hydrogens is 248 g/mol. The van der Waals surface area contributed by atoms with Crippen LogP contribution in [0, 0.1) is 0 Å². The molecule has 0 rings (SSSR count). The molecule has 0 spiro atoms. The molecule has 0 aromatic heterocycles. The van der Waals surface area contributed by atoms with Gasteiger partial charge in [0.2, 0.25) is 0 Å². The van der Waals surface area contributed by atoms with Crippen LogP contribution in [0.5, 0.6) is 0 Å². The zero-order valence-electron chi connectivity index (χ0n) is 12.3. The molecule has 0 unspecified atom stereocenters. The molecule has 0 aromatic rings. The van der Waals surface area contributed by atoms with Gasteiger partial charge in [-0.15, -0.1) is 0 Å². The van der Waals surface area contributed by atoms with Crippen LogP contribution in [-0.2, 0) is 9.59 Å². The normalized spacial score (nSPS) is 8.95. The van der Waals surface area contributed by atoms with E-state index in [-0.39, 0.29) is 5.48 Å². The van der Waals surface area contributed by atoms with Crippen molar-refractivity contribution in [3.63, 3.8) is 0 Å². The van der Waals surface area contributed by atoms with Crippen molar-refractivity contribution in [3.05, 3.63) is 0 Å². The predicted octanol–water partition coefficient (Wildman–Crippen LogP) is 3.26. The molecule has 0 aliphatic carbocycles. The maximum Gasteiger partial charge on any atom is 0.303 e. The molecule has 0 aliphatic heterocycles. The second-order valence-corrected chi connectivity index (χ2v) is 4.41. The van der Waals surface area contributed by atoms with Gasteiger partial charge in [-0.3, -0.25) is 9.59 Å². The topological polar surface area (TPSA) is 106 Å². The van der Waals surface area contributed by atoms with Crippen molar-refractivity contribution in [1.29, 1.82) is 0 Å². The van der Waals surface area contributed by atoms with Gasteiger partial charge in [0.15, 0.2) is 0 Å². The number of unbranched alkanes of at least 4 members (excludes halogenated alkanes) is 6. The van der Waals surface area contributed by atoms with Gasteiger partial charge in [0.1, 0.15) is 0 Å². The second kappa shape index (κ2) is 19.2. The number of hydrogen-bond acceptors (Lipinski definition) is 2. The smallest absolute Gasteiger partial charge is 0.303 e. The van der Waals surface area contributed by atoms with Gasteiger partial charge in [-0.05, 0) is 12.8 Å². The zero-order valence-corrected chi connectivity index (χ0v) is 12.3. The molecule has 0 saturated carbocycles. The van der Waals surface area contributed by atoms with Crippen molar-refractivity contribution in [2.24, 2.45) is 0 Å². The fourth-order valence-electron chi connectivity index (χ4n) is 1.41. The first-order valence-corrected chi connectivity index (χ1v) is 6.98. The summed E-state index contributed by atoms with van der Waals surface area (Å²) in [4.78, 5) is 19.9. The minimum atomic E-state index is -0.675. The van der Waals surface area contributed by atoms with Crippen molar-refractivity contribution in [1.82, 2.24) is 0 Å². The van der Waals surface area contributed by atoms with Crippen LogP contribution >= 0.6 is 0 Å². The Morgan fingerprint density at radius 1 is 0.684 bits per heavy atom. The molecule has 5 heteroatoms. The van der Waals surface area contributed by atoms with Crippen LogP contribution in [0.15, 0.2) is 0 Å². The molecule has 0 atom stereocenters. The van der Waals surface area contributed by atoms with Crippen molar-refractivity contribution < 1.29 is 25.3 Å². The maximum absolute atomic E-state index is 9.96. The lowest BCUT2D eigenvalue weighted by Crippen LogP contribution is -1.92. The number of carboxylic acids is 2. The second-order valence-electron chi connectivity index (χ2n) is 4.41. The third-order valence-electron chi connectivity index (χ3n) is 2.49. The first-order chi connectivity index (χ1) is 8.54. The summed E-state index contributed by atoms with van der Waals surface area (Å²) in [5.74, 6) is -1.35. The van der Waals surface area contributed by atoms with E-state index in [0.717, 1.165) is 38.5 Å². The SMILES string of the molecule is CCCCCCC(=O)O.CCCCCCC(=O)O.O. The van der Waals surface area contributed by atoms with Crippen LogP contribution in [0.2, 0.25) is 0 Å². The lowest BCUT2D eigenvalue weighted by molar-refractivity contribution is -0.138. The fraction of sp³-hybridized carbons (Fsp3) is 0.857. The highest BCUT2D eigenvalue weighted by atomic mass is 16.4. The lowest BCUT2D eigenvalue weighted by Gasteiger charge is -1.92. The van der Waals surface area contributed by atoms with Gasteiger partial charge >= 0.3 is 11.9 Å². The molecule has 0 bridgehead atoms. The van der Waals surface area contributed by atoms with Crippen LogP contribution in [0.1, 0.15) is 78.1 Å². The number of aliphatic carboxylic acids is 2. The van der Waals surface area contributed by atoms with Crippen LogP contribution in [0.4, 0.5) is 0 Å². The third-order valence-corrected chi connectivity index (χ3v) is 2.49. The highest BCUT2D eigenvalue weighted by Crippen LogP contribution is 2.01. The van der Waals surface area contributed by atoms with Gasteiger partial charge in [-0.1, -0.05) is 52.4 Å². The Labute approximate surface area is 116 Å². The molecule has 5 nitrogen and oxygen atoms in total. The Hall–Kier alpha value is -1.10. The van der Waals surface area contributed by atoms with Crippen LogP contribution in [0.25, 0.3) is 0 Å². The summed E-state index contributed by atoms with van der Waals surface area (Å²) in [6, 6.07) is 0. The number of rotatable bonds is 10. The van der Waals surface area contributed by atoms with E-state index in [2.05, 4.69) is 13.8 Å². The van der Waals surface area contributed by atoms with E-state index in [1.54, 1.807) is 0 Å². The van der Waals surface area contributed by atoms with E-state index in [0.29, 0.717) is 12.8 Å². The summed E-state index contributed by atoms with van der Waals surface area (Å²) >= 11 is 0. The highest BCUT2D eigenvalue weighted by Gasteiger charge is 1.94. The minimum absolute atomic E-state index is 0. The summed E-state index contributed by atoms with van der Waals surface area (Å²) in [6.45, 7) is 4.22. The van der Waals surface area contributed by atoms with E-state index < -0.39 is 11.9 Å². The zero-order chi connectivity index (χ0) is 14.2. The van der Waals surface area contributed by atoms with Gasteiger partial charge in [-0.25, -0.2) is 0 Å². The molecule has 19 heavy (non-hydrogen) atoms. The average molecular weight is 278 g/mol. The van der Waals surface area contributed by atoms with E-state index in [1.807, 2.05) is 0 Å². The van der Waals surface area contributed by atoms with Crippen molar-refractivity contribution in [2.75, 3.05) is 0 Å². The summed E-state index contributed by atoms with van der Waals surface area (Å²) in [5.41, 5.74) is 0. The van der Waals surface area contributed by atoms with Crippen molar-refractivity contribution >= 4 is 11.9 Å². The molecule has 0 aliphatic rings. The largest absolute Gasteiger partial charge is 0.481 e. The van der Waals surface area contributed by atoms with Gasteiger partial charge < -0.3 is 15.7 Å². The molecular formula is C14H30O5. The monoisotopic (exact) mass is 278 g/mol. The van der Waals surface area contributed by atoms with Crippen LogP contribution < -0.4 is 0 Å². The quantitative estimate of drug-likeness (QED) is 0.598. The summed E-state index contributed by atoms with van der Waals surface area (Å²) in [5, 5.41) is 16.4. The van der Waals surface area contributed by atoms with E-state index in [4.69, 9.17) is 10.2 Å². The first-order valence-electron chi connectivity index (χ1n) is 6.98. The molecule has 0 amide bonds. The number of hydrogen-bond donors (Lipinski definition) is 2. The Morgan fingerprint density at radius 2 is 1.00 bits per heavy atom. The number of carboxylic acid groups (broad SMARTS) is 2. The number of carbonyl (C=O) groups is 2. The summed E-state index contributed by atoms with van der Waals surface area (Å²) in [7, 11) is 0. The Balaban J connectivity index is -0.000000256. The van der Waals surface area contributed by atoms with Gasteiger partial charge in [-0.2, -0.15) is 0 Å². The van der Waals surface area contributed by atoms with Crippen LogP contribution in [-0.4, -0.2) is 27.6 Å². The maximum atomic E-state index is 9.96. The summed E-state index contributed by atoms with van der Waals surface area (Å²) < 4.78 is 0. The van der Waals surface area contributed by atoms with Crippen molar-refractivity contribution in [2.45, 2.75) is 78.1 Å². The lowest BCUT2D eigenvalue weighted by atomic mass is 10.2. The molecule has 0 heterocycles. The summed E-state index contributed by atoms with van der Waals surface area (Å²) in [6.07, 6.45) is 9.11. The molecule has 0 aromatic carbocycles. The van der Waals surface area contributed by atoms with Crippen molar-refractivity contribution in [3.8, 4) is 0 Å². The van der Waals surface area contributed by atoms with Gasteiger partial charge in [0, 0.05) is 12.8 Å². The predicted molar refractivity (Wildman–Crippen MR) is 76.4 cm³/mol. The standard InChI is InChI=1S/2C7H14O2.H2O/c2*1-2-3-4-5-6-7(8)9;/h2*2-6H2,1H3,(H,8,9);1H2. The average Bonchev–Trinajstić information content (AvgIpc) is 2.31. The Kier molecular flexibility index (Phi) is 23.3. The van der Waals surface area contributed by atoms with E-state index >= 15 is 0 Å². The van der Waals surface area contributed by atoms with Gasteiger partial charge in [0.05, 0.1) is 0 Å². The fourth-order valence-corrected chi connectivity index (χ4v) is 1.41. The molecule has 0 saturated heterocycles. The molecule has 0 radical (unpaired) electrons. The Bertz CT molecular complexity index is 182.